The molecule has 0 unspecified atom stereocenters. The van der Waals surface area contributed by atoms with Crippen LogP contribution in [0, 0.1) is 10.8 Å². The first-order valence-electron chi connectivity index (χ1n) is 4.66. The van der Waals surface area contributed by atoms with Gasteiger partial charge in [0.1, 0.15) is 0 Å². The van der Waals surface area contributed by atoms with Crippen LogP contribution in [-0.2, 0) is 14.4 Å². The van der Waals surface area contributed by atoms with Crippen molar-refractivity contribution in [2.75, 3.05) is 0 Å². The molecule has 0 spiro atoms. The lowest BCUT2D eigenvalue weighted by atomic mass is 9.70. The van der Waals surface area contributed by atoms with Crippen LogP contribution in [0.3, 0.4) is 0 Å². The molecule has 0 aliphatic heterocycles. The van der Waals surface area contributed by atoms with Crippen LogP contribution in [0.25, 0.3) is 0 Å². The van der Waals surface area contributed by atoms with Gasteiger partial charge in [0, 0.05) is 0 Å². The maximum absolute atomic E-state index is 12.0. The summed E-state index contributed by atoms with van der Waals surface area (Å²) >= 11 is 0. The van der Waals surface area contributed by atoms with E-state index in [-0.39, 0.29) is 11.4 Å². The van der Waals surface area contributed by atoms with Crippen molar-refractivity contribution in [2.45, 2.75) is 27.7 Å². The van der Waals surface area contributed by atoms with E-state index in [9.17, 15) is 14.4 Å². The Labute approximate surface area is 88.0 Å². The van der Waals surface area contributed by atoms with Crippen molar-refractivity contribution >= 4 is 17.5 Å². The number of allylic oxidation sites excluding steroid dienone is 1. The van der Waals surface area contributed by atoms with Gasteiger partial charge in [0.25, 0.3) is 0 Å². The molecule has 0 amide bonds. The number of ketones is 2. The Balaban J connectivity index is 3.42. The highest BCUT2D eigenvalue weighted by molar-refractivity contribution is 6.20. The minimum absolute atomic E-state index is 0.128. The highest BCUT2D eigenvalue weighted by Crippen LogP contribution is 2.40. The van der Waals surface area contributed by atoms with E-state index in [1.54, 1.807) is 0 Å². The van der Waals surface area contributed by atoms with Crippen molar-refractivity contribution in [3.63, 3.8) is 0 Å². The second-order valence-electron chi connectivity index (χ2n) is 4.81. The number of hydrogen-bond acceptors (Lipinski definition) is 3. The van der Waals surface area contributed by atoms with Crippen LogP contribution in [-0.4, -0.2) is 22.6 Å². The summed E-state index contributed by atoms with van der Waals surface area (Å²) in [6, 6.07) is 0. The lowest BCUT2D eigenvalue weighted by Crippen LogP contribution is -2.47. The molecule has 0 heterocycles. The average molecular weight is 211 g/mol. The first-order valence-corrected chi connectivity index (χ1v) is 4.66. The molecule has 0 atom stereocenters. The lowest BCUT2D eigenvalue weighted by molar-refractivity contribution is -0.146. The fourth-order valence-corrected chi connectivity index (χ4v) is 1.84. The largest absolute Gasteiger partial charge is 0.478 e. The van der Waals surface area contributed by atoms with E-state index >= 15 is 0 Å². The Morgan fingerprint density at radius 2 is 1.60 bits per heavy atom. The molecule has 4 heteroatoms. The zero-order chi connectivity index (χ0) is 12.0. The van der Waals surface area contributed by atoms with Gasteiger partial charge in [-0.3, -0.25) is 9.59 Å². The molecule has 0 aromatic rings. The third-order valence-electron chi connectivity index (χ3n) is 2.93. The Kier molecular flexibility index (Phi) is 2.34. The Morgan fingerprint density at radius 3 is 2.00 bits per heavy atom. The van der Waals surface area contributed by atoms with Gasteiger partial charge in [-0.25, -0.2) is 4.79 Å². The van der Waals surface area contributed by atoms with Gasteiger partial charge in [0.15, 0.2) is 11.6 Å². The van der Waals surface area contributed by atoms with E-state index in [4.69, 9.17) is 5.11 Å². The van der Waals surface area contributed by atoms with Gasteiger partial charge in [-0.15, -0.1) is 0 Å². The summed E-state index contributed by atoms with van der Waals surface area (Å²) in [5, 5.41) is 8.91. The Morgan fingerprint density at radius 1 is 1.13 bits per heavy atom. The van der Waals surface area contributed by atoms with Crippen molar-refractivity contribution in [3.05, 3.63) is 11.6 Å². The fourth-order valence-electron chi connectivity index (χ4n) is 1.84. The summed E-state index contributed by atoms with van der Waals surface area (Å²) in [4.78, 5) is 34.4. The van der Waals surface area contributed by atoms with E-state index in [0.29, 0.717) is 0 Å². The van der Waals surface area contributed by atoms with Gasteiger partial charge in [-0.1, -0.05) is 0 Å². The third kappa shape index (κ3) is 1.50. The van der Waals surface area contributed by atoms with Gasteiger partial charge in [0.05, 0.1) is 16.4 Å². The minimum Gasteiger partial charge on any atom is -0.478 e. The van der Waals surface area contributed by atoms with Gasteiger partial charge in [0.2, 0.25) is 0 Å². The molecule has 1 aliphatic rings. The summed E-state index contributed by atoms with van der Waals surface area (Å²) in [7, 11) is 0. The molecule has 0 aromatic heterocycles. The Hall–Kier alpha value is -1.45. The SMILES string of the molecule is CC1(C)C(=O)C=[13C](C(=O)O)C(C)(C)C1=O. The van der Waals surface area contributed by atoms with Crippen molar-refractivity contribution in [2.24, 2.45) is 10.8 Å². The molecule has 1 aliphatic carbocycles. The van der Waals surface area contributed by atoms with E-state index in [1.165, 1.54) is 27.7 Å². The highest BCUT2D eigenvalue weighted by Gasteiger charge is 2.50. The zero-order valence-electron chi connectivity index (χ0n) is 9.25. The number of rotatable bonds is 1. The van der Waals surface area contributed by atoms with Crippen LogP contribution in [0.4, 0.5) is 0 Å². The number of carbonyl (C=O) groups excluding carboxylic acids is 2. The van der Waals surface area contributed by atoms with Crippen LogP contribution in [0.15, 0.2) is 11.6 Å². The number of aliphatic carboxylic acids is 1. The molecule has 0 bridgehead atoms. The molecule has 1 N–H and O–H groups in total. The number of carbonyl (C=O) groups is 3. The Bertz CT molecular complexity index is 385. The zero-order valence-corrected chi connectivity index (χ0v) is 9.25. The first-order chi connectivity index (χ1) is 6.61. The van der Waals surface area contributed by atoms with Crippen LogP contribution in [0.2, 0.25) is 0 Å². The van der Waals surface area contributed by atoms with Gasteiger partial charge < -0.3 is 5.11 Å². The summed E-state index contributed by atoms with van der Waals surface area (Å²) in [5.41, 5.74) is -2.36. The van der Waals surface area contributed by atoms with Gasteiger partial charge in [-0.2, -0.15) is 0 Å². The topological polar surface area (TPSA) is 71.4 Å². The second kappa shape index (κ2) is 3.02. The molecular formula is C11H14O4. The maximum Gasteiger partial charge on any atom is 0.332 e. The van der Waals surface area contributed by atoms with E-state index < -0.39 is 22.6 Å². The van der Waals surface area contributed by atoms with E-state index in [1.807, 2.05) is 0 Å². The molecule has 82 valence electrons. The number of carboxylic acids is 1. The maximum atomic E-state index is 12.0. The molecule has 15 heavy (non-hydrogen) atoms. The van der Waals surface area contributed by atoms with Gasteiger partial charge in [-0.05, 0) is 33.8 Å². The van der Waals surface area contributed by atoms with Crippen molar-refractivity contribution in [1.29, 1.82) is 0 Å². The van der Waals surface area contributed by atoms with E-state index in [0.717, 1.165) is 6.08 Å². The smallest absolute Gasteiger partial charge is 0.332 e. The van der Waals surface area contributed by atoms with E-state index in [2.05, 4.69) is 0 Å². The molecule has 0 aromatic carbocycles. The van der Waals surface area contributed by atoms with Crippen LogP contribution in [0.1, 0.15) is 27.7 Å². The molecule has 4 nitrogen and oxygen atoms in total. The van der Waals surface area contributed by atoms with Crippen LogP contribution < -0.4 is 0 Å². The third-order valence-corrected chi connectivity index (χ3v) is 2.93. The molecule has 0 fully saturated rings. The summed E-state index contributed by atoms with van der Waals surface area (Å²) < 4.78 is 0. The monoisotopic (exact) mass is 211 g/mol. The number of Topliss-reactive ketones (excluding diaryl/α,β-unsaturated/α-hetero) is 1. The molecular weight excluding hydrogens is 197 g/mol. The van der Waals surface area contributed by atoms with Crippen LogP contribution in [0.5, 0.6) is 0 Å². The quantitative estimate of drug-likeness (QED) is 0.522. The minimum atomic E-state index is -1.21. The number of hydrogen-bond donors (Lipinski definition) is 1. The molecule has 0 saturated carbocycles. The van der Waals surface area contributed by atoms with Crippen molar-refractivity contribution in [1.82, 2.24) is 0 Å². The standard InChI is InChI=1S/C11H14O4/c1-10(2)6(8(13)14)5-7(12)11(3,4)9(10)15/h5H,1-4H3,(H,13,14)/i6+1. The fraction of sp³-hybridized carbons (Fsp3) is 0.545. The number of carboxylic acid groups (broad SMARTS) is 1. The predicted octanol–water partition coefficient (Wildman–Crippen LogP) is 1.20. The molecule has 1 rings (SSSR count). The average Bonchev–Trinajstić information content (AvgIpc) is 2.09. The van der Waals surface area contributed by atoms with Crippen molar-refractivity contribution < 1.29 is 19.5 Å². The molecule has 0 saturated heterocycles. The molecule has 0 radical (unpaired) electrons. The summed E-state index contributed by atoms with van der Waals surface area (Å²) in [5.74, 6) is -2.00. The lowest BCUT2D eigenvalue weighted by Gasteiger charge is -2.36. The van der Waals surface area contributed by atoms with Crippen LogP contribution >= 0.6 is 0 Å². The van der Waals surface area contributed by atoms with Crippen molar-refractivity contribution in [3.8, 4) is 0 Å². The second-order valence-corrected chi connectivity index (χ2v) is 4.81. The first kappa shape index (κ1) is 11.6. The normalized spacial score (nSPS) is 23.6. The predicted molar refractivity (Wildman–Crippen MR) is 53.3 cm³/mol. The summed E-state index contributed by atoms with van der Waals surface area (Å²) in [6.45, 7) is 6.11. The van der Waals surface area contributed by atoms with Gasteiger partial charge >= 0.3 is 5.97 Å². The summed E-state index contributed by atoms with van der Waals surface area (Å²) in [6.07, 6.45) is 1.07. The highest BCUT2D eigenvalue weighted by atomic mass is 16.4.